The van der Waals surface area contributed by atoms with Gasteiger partial charge in [0, 0.05) is 26.3 Å². The van der Waals surface area contributed by atoms with E-state index in [0.717, 1.165) is 10.1 Å². The summed E-state index contributed by atoms with van der Waals surface area (Å²) in [5.74, 6) is 0.932. The maximum atomic E-state index is 5.16. The first-order chi connectivity index (χ1) is 6.70. The van der Waals surface area contributed by atoms with E-state index in [0.29, 0.717) is 0 Å². The molecule has 0 N–H and O–H groups in total. The summed E-state index contributed by atoms with van der Waals surface area (Å²) in [6.07, 6.45) is 2.18. The van der Waals surface area contributed by atoms with Crippen LogP contribution < -0.4 is 0 Å². The highest BCUT2D eigenvalue weighted by molar-refractivity contribution is 8.22. The van der Waals surface area contributed by atoms with E-state index >= 15 is 0 Å². The van der Waals surface area contributed by atoms with Gasteiger partial charge in [-0.15, -0.1) is 0 Å². The van der Waals surface area contributed by atoms with Crippen molar-refractivity contribution in [3.8, 4) is 0 Å². The fourth-order valence-corrected chi connectivity index (χ4v) is 1.81. The second kappa shape index (κ2) is 6.04. The summed E-state index contributed by atoms with van der Waals surface area (Å²) in [4.78, 5) is 1.96. The van der Waals surface area contributed by atoms with Crippen molar-refractivity contribution in [1.29, 1.82) is 0 Å². The third kappa shape index (κ3) is 4.11. The molecular weight excluding hydrogens is 210 g/mol. The molecule has 0 aliphatic carbocycles. The fourth-order valence-electron chi connectivity index (χ4n) is 0.927. The normalized spacial score (nSPS) is 9.86. The van der Waals surface area contributed by atoms with Crippen LogP contribution >= 0.6 is 24.0 Å². The van der Waals surface area contributed by atoms with Crippen molar-refractivity contribution in [3.05, 3.63) is 42.3 Å². The maximum absolute atomic E-state index is 5.16. The van der Waals surface area contributed by atoms with Gasteiger partial charge in [0.2, 0.25) is 0 Å². The van der Waals surface area contributed by atoms with Crippen LogP contribution in [0, 0.1) is 6.42 Å². The van der Waals surface area contributed by atoms with Gasteiger partial charge in [0.15, 0.2) is 0 Å². The number of benzene rings is 1. The highest BCUT2D eigenvalue weighted by atomic mass is 32.2. The summed E-state index contributed by atoms with van der Waals surface area (Å²) in [6.45, 7) is 0. The lowest BCUT2D eigenvalue weighted by atomic mass is 10.2. The molecule has 0 aliphatic rings. The van der Waals surface area contributed by atoms with E-state index in [4.69, 9.17) is 12.2 Å². The second-order valence-corrected chi connectivity index (χ2v) is 4.74. The maximum Gasteiger partial charge on any atom is 0.135 e. The van der Waals surface area contributed by atoms with Crippen LogP contribution in [0.2, 0.25) is 0 Å². The summed E-state index contributed by atoms with van der Waals surface area (Å²) in [7, 11) is 3.94. The van der Waals surface area contributed by atoms with Gasteiger partial charge in [-0.25, -0.2) is 0 Å². The Kier molecular flexibility index (Phi) is 4.98. The number of thioether (sulfide) groups is 1. The van der Waals surface area contributed by atoms with E-state index < -0.39 is 0 Å². The average molecular weight is 224 g/mol. The SMILES string of the molecule is CN(C)C(=S)SC[CH]c1ccccc1. The van der Waals surface area contributed by atoms with Crippen molar-refractivity contribution in [3.63, 3.8) is 0 Å². The second-order valence-electron chi connectivity index (χ2n) is 3.09. The zero-order chi connectivity index (χ0) is 10.4. The number of rotatable bonds is 3. The first kappa shape index (κ1) is 11.5. The molecule has 0 aliphatic heterocycles. The molecule has 0 heterocycles. The van der Waals surface area contributed by atoms with Gasteiger partial charge in [-0.1, -0.05) is 54.3 Å². The summed E-state index contributed by atoms with van der Waals surface area (Å²) >= 11 is 6.84. The minimum absolute atomic E-state index is 0.928. The standard InChI is InChI=1S/C11H14NS2/c1-12(2)11(13)14-9-8-10-6-4-3-5-7-10/h3-8H,9H2,1-2H3. The zero-order valence-corrected chi connectivity index (χ0v) is 10.1. The molecule has 3 heteroatoms. The van der Waals surface area contributed by atoms with E-state index in [1.165, 1.54) is 5.56 Å². The van der Waals surface area contributed by atoms with Crippen LogP contribution in [0.1, 0.15) is 5.56 Å². The summed E-state index contributed by atoms with van der Waals surface area (Å²) < 4.78 is 0.928. The van der Waals surface area contributed by atoms with Gasteiger partial charge >= 0.3 is 0 Å². The molecule has 1 nitrogen and oxygen atoms in total. The van der Waals surface area contributed by atoms with Gasteiger partial charge < -0.3 is 4.90 Å². The molecule has 0 saturated heterocycles. The van der Waals surface area contributed by atoms with Crippen molar-refractivity contribution >= 4 is 28.3 Å². The first-order valence-corrected chi connectivity index (χ1v) is 5.82. The highest BCUT2D eigenvalue weighted by Crippen LogP contribution is 2.11. The Balaban J connectivity index is 2.26. The summed E-state index contributed by atoms with van der Waals surface area (Å²) in [5.41, 5.74) is 1.25. The van der Waals surface area contributed by atoms with E-state index in [-0.39, 0.29) is 0 Å². The molecule has 14 heavy (non-hydrogen) atoms. The molecule has 0 bridgehead atoms. The van der Waals surface area contributed by atoms with Crippen LogP contribution in [0.4, 0.5) is 0 Å². The molecule has 1 radical (unpaired) electrons. The van der Waals surface area contributed by atoms with Gasteiger partial charge in [0.25, 0.3) is 0 Å². The van der Waals surface area contributed by atoms with Crippen LogP contribution in [0.15, 0.2) is 30.3 Å². The van der Waals surface area contributed by atoms with Crippen LogP contribution in [0.25, 0.3) is 0 Å². The van der Waals surface area contributed by atoms with E-state index in [1.807, 2.05) is 37.2 Å². The smallest absolute Gasteiger partial charge is 0.135 e. The molecule has 75 valence electrons. The lowest BCUT2D eigenvalue weighted by molar-refractivity contribution is 0.648. The number of hydrogen-bond acceptors (Lipinski definition) is 2. The summed E-state index contributed by atoms with van der Waals surface area (Å²) in [6, 6.07) is 10.3. The lowest BCUT2D eigenvalue weighted by Crippen LogP contribution is -2.16. The molecular formula is C11H14NS2. The lowest BCUT2D eigenvalue weighted by Gasteiger charge is -2.12. The monoisotopic (exact) mass is 224 g/mol. The van der Waals surface area contributed by atoms with E-state index in [9.17, 15) is 0 Å². The van der Waals surface area contributed by atoms with Gasteiger partial charge in [0.1, 0.15) is 4.32 Å². The van der Waals surface area contributed by atoms with E-state index in [2.05, 4.69) is 18.6 Å². The van der Waals surface area contributed by atoms with Crippen molar-refractivity contribution < 1.29 is 0 Å². The third-order valence-electron chi connectivity index (χ3n) is 1.69. The fraction of sp³-hybridized carbons (Fsp3) is 0.273. The molecule has 1 rings (SSSR count). The van der Waals surface area contributed by atoms with Crippen molar-refractivity contribution in [1.82, 2.24) is 4.90 Å². The summed E-state index contributed by atoms with van der Waals surface area (Å²) in [5, 5.41) is 0. The molecule has 1 aromatic carbocycles. The molecule has 0 aromatic heterocycles. The average Bonchev–Trinajstić information content (AvgIpc) is 2.19. The predicted molar refractivity (Wildman–Crippen MR) is 68.6 cm³/mol. The predicted octanol–water partition coefficient (Wildman–Crippen LogP) is 2.82. The van der Waals surface area contributed by atoms with Gasteiger partial charge in [0.05, 0.1) is 0 Å². The van der Waals surface area contributed by atoms with Crippen LogP contribution in [0.3, 0.4) is 0 Å². The van der Waals surface area contributed by atoms with Crippen LogP contribution in [0.5, 0.6) is 0 Å². The van der Waals surface area contributed by atoms with Gasteiger partial charge in [-0.05, 0) is 5.56 Å². The number of thiocarbonyl (C=S) groups is 1. The van der Waals surface area contributed by atoms with E-state index in [1.54, 1.807) is 11.8 Å². The number of hydrogen-bond donors (Lipinski definition) is 0. The third-order valence-corrected chi connectivity index (χ3v) is 3.35. The van der Waals surface area contributed by atoms with Crippen molar-refractivity contribution in [2.75, 3.05) is 19.8 Å². The number of nitrogens with zero attached hydrogens (tertiary/aromatic N) is 1. The molecule has 0 saturated carbocycles. The Labute approximate surface area is 95.5 Å². The molecule has 0 fully saturated rings. The zero-order valence-electron chi connectivity index (χ0n) is 8.43. The topological polar surface area (TPSA) is 3.24 Å². The molecule has 0 unspecified atom stereocenters. The van der Waals surface area contributed by atoms with Gasteiger partial charge in [-0.3, -0.25) is 0 Å². The Bertz CT molecular complexity index is 283. The van der Waals surface area contributed by atoms with Crippen LogP contribution in [-0.4, -0.2) is 29.1 Å². The first-order valence-electron chi connectivity index (χ1n) is 4.42. The van der Waals surface area contributed by atoms with Crippen molar-refractivity contribution in [2.24, 2.45) is 0 Å². The molecule has 1 aromatic rings. The van der Waals surface area contributed by atoms with Gasteiger partial charge in [-0.2, -0.15) is 0 Å². The molecule has 0 amide bonds. The Morgan fingerprint density at radius 1 is 1.36 bits per heavy atom. The van der Waals surface area contributed by atoms with Crippen LogP contribution in [-0.2, 0) is 0 Å². The minimum atomic E-state index is 0.928. The Hall–Kier alpha value is -0.540. The Morgan fingerprint density at radius 2 is 2.00 bits per heavy atom. The molecule has 0 spiro atoms. The highest BCUT2D eigenvalue weighted by Gasteiger charge is 1.99. The van der Waals surface area contributed by atoms with Crippen molar-refractivity contribution in [2.45, 2.75) is 0 Å². The Morgan fingerprint density at radius 3 is 2.57 bits per heavy atom. The largest absolute Gasteiger partial charge is 0.364 e. The molecule has 0 atom stereocenters. The quantitative estimate of drug-likeness (QED) is 0.727. The minimum Gasteiger partial charge on any atom is -0.364 e.